The van der Waals surface area contributed by atoms with E-state index in [2.05, 4.69) is 36.4 Å². The summed E-state index contributed by atoms with van der Waals surface area (Å²) in [5.41, 5.74) is 0.914. The van der Waals surface area contributed by atoms with E-state index in [1.807, 2.05) is 0 Å². The number of ether oxygens (including phenoxy) is 2. The molecule has 2 aromatic heterocycles. The third kappa shape index (κ3) is 5.08. The Morgan fingerprint density at radius 1 is 1.19 bits per heavy atom. The Hall–Kier alpha value is -2.85. The van der Waals surface area contributed by atoms with Crippen LogP contribution < -0.4 is 10.1 Å². The van der Waals surface area contributed by atoms with Crippen molar-refractivity contribution in [2.24, 2.45) is 0 Å². The van der Waals surface area contributed by atoms with Crippen molar-refractivity contribution in [3.8, 4) is 5.75 Å². The number of nitrogens with one attached hydrogen (secondary N) is 1. The van der Waals surface area contributed by atoms with E-state index in [1.165, 1.54) is 6.20 Å². The minimum absolute atomic E-state index is 0.0845. The number of hydrogen-bond acceptors (Lipinski definition) is 8. The van der Waals surface area contributed by atoms with Crippen LogP contribution in [0.25, 0.3) is 0 Å². The first-order valence-corrected chi connectivity index (χ1v) is 9.21. The third-order valence-electron chi connectivity index (χ3n) is 3.28. The van der Waals surface area contributed by atoms with Crippen LogP contribution in [0.4, 0.5) is 5.69 Å². The van der Waals surface area contributed by atoms with Gasteiger partial charge < -0.3 is 14.8 Å². The molecule has 3 rings (SSSR count). The fraction of sp³-hybridized carbons (Fsp3) is 0.118. The van der Waals surface area contributed by atoms with Crippen LogP contribution in [0.15, 0.2) is 47.2 Å². The van der Waals surface area contributed by atoms with Crippen molar-refractivity contribution in [1.29, 1.82) is 0 Å². The number of benzene rings is 1. The fourth-order valence-corrected chi connectivity index (χ4v) is 3.01. The van der Waals surface area contributed by atoms with E-state index in [0.717, 1.165) is 11.3 Å². The molecule has 0 radical (unpaired) electrons. The van der Waals surface area contributed by atoms with Gasteiger partial charge in [0.15, 0.2) is 5.01 Å². The molecule has 0 unspecified atom stereocenters. The lowest BCUT2D eigenvalue weighted by molar-refractivity contribution is 0.0471. The number of anilines is 1. The van der Waals surface area contributed by atoms with Crippen LogP contribution in [0.5, 0.6) is 5.75 Å². The molecule has 0 bridgehead atoms. The zero-order valence-electron chi connectivity index (χ0n) is 14.0. The van der Waals surface area contributed by atoms with Gasteiger partial charge in [-0.2, -0.15) is 0 Å². The molecule has 0 fully saturated rings. The summed E-state index contributed by atoms with van der Waals surface area (Å²) >= 11 is 4.29. The maximum absolute atomic E-state index is 12.2. The van der Waals surface area contributed by atoms with E-state index in [0.29, 0.717) is 26.5 Å². The highest BCUT2D eigenvalue weighted by molar-refractivity contribution is 9.10. The Morgan fingerprint density at radius 3 is 2.67 bits per heavy atom. The zero-order valence-corrected chi connectivity index (χ0v) is 16.4. The average molecular weight is 449 g/mol. The van der Waals surface area contributed by atoms with Crippen molar-refractivity contribution >= 4 is 44.8 Å². The second-order valence-corrected chi connectivity index (χ2v) is 7.13. The van der Waals surface area contributed by atoms with Gasteiger partial charge in [-0.25, -0.2) is 4.79 Å². The first-order chi connectivity index (χ1) is 13.0. The van der Waals surface area contributed by atoms with Gasteiger partial charge >= 0.3 is 5.97 Å². The molecule has 1 N–H and O–H groups in total. The predicted octanol–water partition coefficient (Wildman–Crippen LogP) is 3.31. The Morgan fingerprint density at radius 2 is 1.96 bits per heavy atom. The van der Waals surface area contributed by atoms with Gasteiger partial charge in [0.05, 0.1) is 12.7 Å². The van der Waals surface area contributed by atoms with Crippen LogP contribution in [0.1, 0.15) is 25.2 Å². The smallest absolute Gasteiger partial charge is 0.340 e. The SMILES string of the molecule is COc1ccc(NC(=O)c2nnc(COC(=O)c3cncc(Br)c3)s2)cc1. The summed E-state index contributed by atoms with van der Waals surface area (Å²) in [6, 6.07) is 8.50. The topological polar surface area (TPSA) is 103 Å². The quantitative estimate of drug-likeness (QED) is 0.576. The average Bonchev–Trinajstić information content (AvgIpc) is 3.16. The largest absolute Gasteiger partial charge is 0.497 e. The van der Waals surface area contributed by atoms with E-state index in [4.69, 9.17) is 9.47 Å². The Balaban J connectivity index is 1.57. The van der Waals surface area contributed by atoms with Crippen molar-refractivity contribution in [2.75, 3.05) is 12.4 Å². The van der Waals surface area contributed by atoms with Crippen molar-refractivity contribution in [3.05, 3.63) is 62.8 Å². The molecule has 27 heavy (non-hydrogen) atoms. The lowest BCUT2D eigenvalue weighted by Crippen LogP contribution is -2.11. The fourth-order valence-electron chi connectivity index (χ4n) is 2.00. The maximum atomic E-state index is 12.2. The summed E-state index contributed by atoms with van der Waals surface area (Å²) < 4.78 is 10.9. The molecule has 138 valence electrons. The Labute approximate surface area is 166 Å². The van der Waals surface area contributed by atoms with Gasteiger partial charge in [0.1, 0.15) is 12.4 Å². The van der Waals surface area contributed by atoms with Crippen molar-refractivity contribution in [2.45, 2.75) is 6.61 Å². The minimum atomic E-state index is -0.539. The Kier molecular flexibility index (Phi) is 6.09. The molecule has 8 nitrogen and oxygen atoms in total. The van der Waals surface area contributed by atoms with E-state index >= 15 is 0 Å². The number of methoxy groups -OCH3 is 1. The summed E-state index contributed by atoms with van der Waals surface area (Å²) in [5, 5.41) is 11.0. The number of hydrogen-bond donors (Lipinski definition) is 1. The van der Waals surface area contributed by atoms with Crippen LogP contribution in [0.2, 0.25) is 0 Å². The molecule has 0 spiro atoms. The molecule has 1 aromatic carbocycles. The van der Waals surface area contributed by atoms with Gasteiger partial charge in [0, 0.05) is 22.6 Å². The molecule has 0 atom stereocenters. The van der Waals surface area contributed by atoms with Crippen LogP contribution in [0, 0.1) is 0 Å². The number of rotatable bonds is 6. The Bertz CT molecular complexity index is 962. The van der Waals surface area contributed by atoms with E-state index < -0.39 is 11.9 Å². The van der Waals surface area contributed by atoms with Gasteiger partial charge in [-0.05, 0) is 46.3 Å². The first-order valence-electron chi connectivity index (χ1n) is 7.60. The van der Waals surface area contributed by atoms with Gasteiger partial charge in [0.2, 0.25) is 5.01 Å². The van der Waals surface area contributed by atoms with Crippen molar-refractivity contribution < 1.29 is 19.1 Å². The molecular formula is C17H13BrN4O4S. The summed E-state index contributed by atoms with van der Waals surface area (Å²) in [7, 11) is 1.57. The lowest BCUT2D eigenvalue weighted by atomic mass is 10.3. The highest BCUT2D eigenvalue weighted by Crippen LogP contribution is 2.18. The number of pyridine rings is 1. The number of halogens is 1. The summed E-state index contributed by atoms with van der Waals surface area (Å²) in [6.07, 6.45) is 2.97. The monoisotopic (exact) mass is 448 g/mol. The summed E-state index contributed by atoms with van der Waals surface area (Å²) in [4.78, 5) is 28.1. The van der Waals surface area contributed by atoms with E-state index in [9.17, 15) is 9.59 Å². The van der Waals surface area contributed by atoms with Crippen molar-refractivity contribution in [1.82, 2.24) is 15.2 Å². The predicted molar refractivity (Wildman–Crippen MR) is 102 cm³/mol. The summed E-state index contributed by atoms with van der Waals surface area (Å²) in [5.74, 6) is -0.247. The van der Waals surface area contributed by atoms with Crippen LogP contribution in [0.3, 0.4) is 0 Å². The second-order valence-electron chi connectivity index (χ2n) is 5.15. The molecule has 0 saturated carbocycles. The molecule has 0 aliphatic rings. The molecular weight excluding hydrogens is 436 g/mol. The molecule has 1 amide bonds. The van der Waals surface area contributed by atoms with Crippen LogP contribution >= 0.6 is 27.3 Å². The molecule has 0 saturated heterocycles. The van der Waals surface area contributed by atoms with E-state index in [-0.39, 0.29) is 11.6 Å². The highest BCUT2D eigenvalue weighted by Gasteiger charge is 2.15. The zero-order chi connectivity index (χ0) is 19.2. The molecule has 0 aliphatic heterocycles. The number of esters is 1. The number of nitrogens with zero attached hydrogens (tertiary/aromatic N) is 3. The number of amides is 1. The number of aromatic nitrogens is 3. The second kappa shape index (κ2) is 8.69. The van der Waals surface area contributed by atoms with Gasteiger partial charge in [-0.1, -0.05) is 11.3 Å². The molecule has 0 aliphatic carbocycles. The third-order valence-corrected chi connectivity index (χ3v) is 4.61. The number of carbonyl (C=O) groups excluding carboxylic acids is 2. The molecule has 10 heteroatoms. The van der Waals surface area contributed by atoms with Crippen molar-refractivity contribution in [3.63, 3.8) is 0 Å². The van der Waals surface area contributed by atoms with Crippen LogP contribution in [-0.2, 0) is 11.3 Å². The lowest BCUT2D eigenvalue weighted by Gasteiger charge is -2.04. The highest BCUT2D eigenvalue weighted by atomic mass is 79.9. The normalized spacial score (nSPS) is 10.3. The standard InChI is InChI=1S/C17H13BrN4O4S/c1-25-13-4-2-12(3-5-13)20-15(23)16-22-21-14(27-16)9-26-17(24)10-6-11(18)8-19-7-10/h2-8H,9H2,1H3,(H,20,23). The first kappa shape index (κ1) is 18.9. The van der Waals surface area contributed by atoms with Gasteiger partial charge in [0.25, 0.3) is 5.91 Å². The molecule has 2 heterocycles. The minimum Gasteiger partial charge on any atom is -0.497 e. The van der Waals surface area contributed by atoms with E-state index in [1.54, 1.807) is 43.6 Å². The van der Waals surface area contributed by atoms with Crippen LogP contribution in [-0.4, -0.2) is 34.2 Å². The molecule has 3 aromatic rings. The number of carbonyl (C=O) groups is 2. The van der Waals surface area contributed by atoms with Gasteiger partial charge in [-0.15, -0.1) is 10.2 Å². The van der Waals surface area contributed by atoms with Gasteiger partial charge in [-0.3, -0.25) is 9.78 Å². The maximum Gasteiger partial charge on any atom is 0.340 e. The summed E-state index contributed by atoms with van der Waals surface area (Å²) in [6.45, 7) is -0.0845.